The van der Waals surface area contributed by atoms with Gasteiger partial charge in [-0.25, -0.2) is 0 Å². The minimum absolute atomic E-state index is 0.120. The molecule has 0 aromatic rings. The first-order chi connectivity index (χ1) is 8.79. The van der Waals surface area contributed by atoms with Crippen LogP contribution in [0.15, 0.2) is 0 Å². The Bertz CT molecular complexity index is 264. The van der Waals surface area contributed by atoms with Crippen LogP contribution < -0.4 is 5.32 Å². The minimum Gasteiger partial charge on any atom is -0.396 e. The summed E-state index contributed by atoms with van der Waals surface area (Å²) < 4.78 is 5.62. The number of nitrogens with one attached hydrogen (secondary N) is 1. The van der Waals surface area contributed by atoms with E-state index in [1.54, 1.807) is 0 Å². The smallest absolute Gasteiger partial charge is 0.220 e. The zero-order valence-corrected chi connectivity index (χ0v) is 11.1. The summed E-state index contributed by atoms with van der Waals surface area (Å²) in [6.45, 7) is 1.04. The molecular formula is C14H25NO3. The van der Waals surface area contributed by atoms with Crippen LogP contribution in [0, 0.1) is 5.92 Å². The third-order valence-electron chi connectivity index (χ3n) is 4.21. The molecule has 1 amide bonds. The van der Waals surface area contributed by atoms with Crippen LogP contribution in [-0.2, 0) is 9.53 Å². The number of carbonyl (C=O) groups is 1. The molecule has 0 aromatic heterocycles. The molecule has 0 spiro atoms. The van der Waals surface area contributed by atoms with E-state index >= 15 is 0 Å². The van der Waals surface area contributed by atoms with Gasteiger partial charge in [-0.1, -0.05) is 6.42 Å². The van der Waals surface area contributed by atoms with Crippen LogP contribution in [0.4, 0.5) is 0 Å². The number of aliphatic hydroxyl groups is 1. The molecule has 2 rings (SSSR count). The summed E-state index contributed by atoms with van der Waals surface area (Å²) >= 11 is 0. The molecule has 18 heavy (non-hydrogen) atoms. The normalized spacial score (nSPS) is 32.4. The van der Waals surface area contributed by atoms with Gasteiger partial charge in [-0.05, 0) is 38.5 Å². The van der Waals surface area contributed by atoms with Crippen molar-refractivity contribution in [3.8, 4) is 0 Å². The number of amides is 1. The molecule has 4 nitrogen and oxygen atoms in total. The lowest BCUT2D eigenvalue weighted by atomic mass is 10.0. The Balaban J connectivity index is 1.65. The molecule has 2 aliphatic rings. The maximum atomic E-state index is 11.9. The van der Waals surface area contributed by atoms with Crippen molar-refractivity contribution < 1.29 is 14.6 Å². The third kappa shape index (κ3) is 3.95. The van der Waals surface area contributed by atoms with Crippen molar-refractivity contribution in [3.05, 3.63) is 0 Å². The Hall–Kier alpha value is -0.610. The molecule has 0 bridgehead atoms. The highest BCUT2D eigenvalue weighted by Crippen LogP contribution is 2.25. The predicted molar refractivity (Wildman–Crippen MR) is 69.2 cm³/mol. The van der Waals surface area contributed by atoms with E-state index in [1.807, 2.05) is 0 Å². The van der Waals surface area contributed by atoms with Crippen molar-refractivity contribution in [2.24, 2.45) is 5.92 Å². The summed E-state index contributed by atoms with van der Waals surface area (Å²) in [6, 6.07) is 0.190. The second-order valence-electron chi connectivity index (χ2n) is 5.57. The molecule has 1 aliphatic heterocycles. The van der Waals surface area contributed by atoms with E-state index in [0.717, 1.165) is 45.1 Å². The van der Waals surface area contributed by atoms with Crippen LogP contribution in [0.2, 0.25) is 0 Å². The Morgan fingerprint density at radius 1 is 1.22 bits per heavy atom. The standard InChI is InChI=1S/C14H25NO3/c16-10-11-4-3-6-13(11)15-14(17)8-7-12-5-1-2-9-18-12/h11-13,16H,1-10H2,(H,15,17). The van der Waals surface area contributed by atoms with Gasteiger partial charge in [-0.2, -0.15) is 0 Å². The molecule has 1 aliphatic carbocycles. The molecule has 1 saturated carbocycles. The van der Waals surface area contributed by atoms with E-state index in [0.29, 0.717) is 6.42 Å². The zero-order chi connectivity index (χ0) is 12.8. The van der Waals surface area contributed by atoms with Gasteiger partial charge in [0, 0.05) is 31.6 Å². The Morgan fingerprint density at radius 2 is 2.11 bits per heavy atom. The number of carbonyl (C=O) groups excluding carboxylic acids is 1. The minimum atomic E-state index is 0.120. The predicted octanol–water partition coefficient (Wildman–Crippen LogP) is 1.61. The van der Waals surface area contributed by atoms with Gasteiger partial charge in [0.05, 0.1) is 6.10 Å². The van der Waals surface area contributed by atoms with Crippen LogP contribution in [-0.4, -0.2) is 36.4 Å². The number of ether oxygens (including phenoxy) is 1. The molecule has 104 valence electrons. The highest BCUT2D eigenvalue weighted by Gasteiger charge is 2.27. The molecule has 1 heterocycles. The molecule has 3 atom stereocenters. The van der Waals surface area contributed by atoms with E-state index in [1.165, 1.54) is 6.42 Å². The summed E-state index contributed by atoms with van der Waals surface area (Å²) in [6.07, 6.45) is 8.30. The number of rotatable bonds is 5. The van der Waals surface area contributed by atoms with E-state index in [9.17, 15) is 9.90 Å². The summed E-state index contributed by atoms with van der Waals surface area (Å²) in [4.78, 5) is 11.9. The van der Waals surface area contributed by atoms with Crippen molar-refractivity contribution in [2.75, 3.05) is 13.2 Å². The van der Waals surface area contributed by atoms with Crippen molar-refractivity contribution in [3.63, 3.8) is 0 Å². The Morgan fingerprint density at radius 3 is 2.83 bits per heavy atom. The summed E-state index contributed by atoms with van der Waals surface area (Å²) in [7, 11) is 0. The maximum Gasteiger partial charge on any atom is 0.220 e. The lowest BCUT2D eigenvalue weighted by molar-refractivity contribution is -0.123. The topological polar surface area (TPSA) is 58.6 Å². The van der Waals surface area contributed by atoms with Gasteiger partial charge < -0.3 is 15.2 Å². The zero-order valence-electron chi connectivity index (χ0n) is 11.1. The fraction of sp³-hybridized carbons (Fsp3) is 0.929. The van der Waals surface area contributed by atoms with Gasteiger partial charge in [-0.15, -0.1) is 0 Å². The van der Waals surface area contributed by atoms with Crippen LogP contribution in [0.25, 0.3) is 0 Å². The lowest BCUT2D eigenvalue weighted by Gasteiger charge is -2.23. The van der Waals surface area contributed by atoms with Gasteiger partial charge in [0.25, 0.3) is 0 Å². The Kier molecular flexibility index (Phi) is 5.45. The monoisotopic (exact) mass is 255 g/mol. The van der Waals surface area contributed by atoms with Gasteiger partial charge in [-0.3, -0.25) is 4.79 Å². The van der Waals surface area contributed by atoms with Crippen LogP contribution in [0.3, 0.4) is 0 Å². The van der Waals surface area contributed by atoms with Gasteiger partial charge in [0.1, 0.15) is 0 Å². The molecule has 2 fully saturated rings. The molecule has 4 heteroatoms. The highest BCUT2D eigenvalue weighted by atomic mass is 16.5. The van der Waals surface area contributed by atoms with Crippen LogP contribution >= 0.6 is 0 Å². The average Bonchev–Trinajstić information content (AvgIpc) is 2.85. The Labute approximate surface area is 109 Å². The molecule has 0 aromatic carbocycles. The first kappa shape index (κ1) is 13.8. The van der Waals surface area contributed by atoms with E-state index in [2.05, 4.69) is 5.32 Å². The van der Waals surface area contributed by atoms with Crippen molar-refractivity contribution in [2.45, 2.75) is 63.5 Å². The van der Waals surface area contributed by atoms with Crippen molar-refractivity contribution in [1.82, 2.24) is 5.32 Å². The lowest BCUT2D eigenvalue weighted by Crippen LogP contribution is -2.38. The fourth-order valence-corrected chi connectivity index (χ4v) is 3.05. The van der Waals surface area contributed by atoms with E-state index in [-0.39, 0.29) is 30.6 Å². The highest BCUT2D eigenvalue weighted by molar-refractivity contribution is 5.76. The SMILES string of the molecule is O=C(CCC1CCCCO1)NC1CCCC1CO. The first-order valence-corrected chi connectivity index (χ1v) is 7.31. The molecule has 0 radical (unpaired) electrons. The summed E-state index contributed by atoms with van der Waals surface area (Å²) in [5, 5.41) is 12.3. The van der Waals surface area contributed by atoms with Gasteiger partial charge in [0.2, 0.25) is 5.91 Å². The van der Waals surface area contributed by atoms with Gasteiger partial charge >= 0.3 is 0 Å². The van der Waals surface area contributed by atoms with Crippen molar-refractivity contribution >= 4 is 5.91 Å². The van der Waals surface area contributed by atoms with E-state index < -0.39 is 0 Å². The second-order valence-corrected chi connectivity index (χ2v) is 5.57. The largest absolute Gasteiger partial charge is 0.396 e. The number of hydrogen-bond acceptors (Lipinski definition) is 3. The maximum absolute atomic E-state index is 11.9. The van der Waals surface area contributed by atoms with Crippen molar-refractivity contribution in [1.29, 1.82) is 0 Å². The summed E-state index contributed by atoms with van der Waals surface area (Å²) in [5.41, 5.74) is 0. The molecule has 1 saturated heterocycles. The molecule has 2 N–H and O–H groups in total. The second kappa shape index (κ2) is 7.10. The third-order valence-corrected chi connectivity index (χ3v) is 4.21. The van der Waals surface area contributed by atoms with E-state index in [4.69, 9.17) is 4.74 Å². The average molecular weight is 255 g/mol. The molecular weight excluding hydrogens is 230 g/mol. The van der Waals surface area contributed by atoms with Crippen LogP contribution in [0.1, 0.15) is 51.4 Å². The van der Waals surface area contributed by atoms with Crippen LogP contribution in [0.5, 0.6) is 0 Å². The number of aliphatic hydroxyl groups excluding tert-OH is 1. The quantitative estimate of drug-likeness (QED) is 0.784. The number of hydrogen-bond donors (Lipinski definition) is 2. The fourth-order valence-electron chi connectivity index (χ4n) is 3.05. The first-order valence-electron chi connectivity index (χ1n) is 7.31. The summed E-state index contributed by atoms with van der Waals surface area (Å²) in [5.74, 6) is 0.384. The molecule has 3 unspecified atom stereocenters. The van der Waals surface area contributed by atoms with Gasteiger partial charge in [0.15, 0.2) is 0 Å².